The van der Waals surface area contributed by atoms with Gasteiger partial charge in [-0.25, -0.2) is 9.78 Å². The summed E-state index contributed by atoms with van der Waals surface area (Å²) in [6.45, 7) is 5.78. The van der Waals surface area contributed by atoms with Crippen molar-refractivity contribution in [2.24, 2.45) is 0 Å². The van der Waals surface area contributed by atoms with Crippen molar-refractivity contribution in [1.82, 2.24) is 19.2 Å². The van der Waals surface area contributed by atoms with E-state index in [1.54, 1.807) is 24.1 Å². The van der Waals surface area contributed by atoms with Crippen LogP contribution in [0.15, 0.2) is 28.0 Å². The van der Waals surface area contributed by atoms with Gasteiger partial charge in [0.15, 0.2) is 0 Å². The summed E-state index contributed by atoms with van der Waals surface area (Å²) in [5.41, 5.74) is 1.27. The summed E-state index contributed by atoms with van der Waals surface area (Å²) < 4.78 is 6.86. The van der Waals surface area contributed by atoms with E-state index in [4.69, 9.17) is 27.0 Å². The highest BCUT2D eigenvalue weighted by Gasteiger charge is 2.33. The number of pyridine rings is 1. The van der Waals surface area contributed by atoms with Gasteiger partial charge < -0.3 is 19.6 Å². The maximum absolute atomic E-state index is 13.6. The van der Waals surface area contributed by atoms with E-state index in [9.17, 15) is 19.2 Å². The monoisotopic (exact) mass is 545 g/mol. The number of rotatable bonds is 7. The first-order valence-corrected chi connectivity index (χ1v) is 13.1. The van der Waals surface area contributed by atoms with Crippen molar-refractivity contribution in [2.45, 2.75) is 26.7 Å². The number of nitrogens with zero attached hydrogens (tertiary/aromatic N) is 5. The molecule has 2 aliphatic rings. The van der Waals surface area contributed by atoms with Crippen LogP contribution in [0.4, 0.5) is 10.6 Å². The molecule has 1 N–H and O–H groups in total. The van der Waals surface area contributed by atoms with Crippen LogP contribution in [-0.2, 0) is 14.3 Å². The molecule has 0 unspecified atom stereocenters. The van der Waals surface area contributed by atoms with Gasteiger partial charge in [-0.3, -0.25) is 23.7 Å². The normalized spacial score (nSPS) is 17.2. The Morgan fingerprint density at radius 1 is 1.22 bits per heavy atom. The third-order valence-electron chi connectivity index (χ3n) is 6.01. The summed E-state index contributed by atoms with van der Waals surface area (Å²) in [6, 6.07) is 3.63. The second-order valence-corrected chi connectivity index (χ2v) is 10.3. The van der Waals surface area contributed by atoms with Gasteiger partial charge in [0.2, 0.25) is 0 Å². The van der Waals surface area contributed by atoms with Gasteiger partial charge in [0.25, 0.3) is 11.5 Å². The predicted octanol–water partition coefficient (Wildman–Crippen LogP) is 2.35. The molecule has 11 nitrogen and oxygen atoms in total. The summed E-state index contributed by atoms with van der Waals surface area (Å²) in [4.78, 5) is 59.7. The van der Waals surface area contributed by atoms with Crippen LogP contribution in [0.1, 0.15) is 30.9 Å². The van der Waals surface area contributed by atoms with Crippen LogP contribution in [0.5, 0.6) is 0 Å². The van der Waals surface area contributed by atoms with Crippen LogP contribution >= 0.6 is 24.0 Å². The SMILES string of the molecule is CCOC(=O)N1CCN(c2nc3ccc(C)cn3c(=O)c2/C=C2/SC(=S)N(CCCC(=O)O)C2=O)CC1. The molecule has 0 aliphatic carbocycles. The van der Waals surface area contributed by atoms with Crippen molar-refractivity contribution in [2.75, 3.05) is 44.2 Å². The minimum Gasteiger partial charge on any atom is -0.481 e. The number of anilines is 1. The van der Waals surface area contributed by atoms with Gasteiger partial charge in [0.1, 0.15) is 15.8 Å². The lowest BCUT2D eigenvalue weighted by atomic mass is 10.2. The lowest BCUT2D eigenvalue weighted by Crippen LogP contribution is -2.49. The highest BCUT2D eigenvalue weighted by Crippen LogP contribution is 2.34. The molecule has 0 radical (unpaired) electrons. The summed E-state index contributed by atoms with van der Waals surface area (Å²) in [6.07, 6.45) is 3.03. The second-order valence-electron chi connectivity index (χ2n) is 8.59. The minimum absolute atomic E-state index is 0.0761. The largest absolute Gasteiger partial charge is 0.481 e. The molecule has 2 fully saturated rings. The summed E-state index contributed by atoms with van der Waals surface area (Å²) >= 11 is 6.43. The summed E-state index contributed by atoms with van der Waals surface area (Å²) in [5, 5.41) is 8.90. The number of carbonyl (C=O) groups excluding carboxylic acids is 2. The molecule has 4 rings (SSSR count). The first-order valence-electron chi connectivity index (χ1n) is 11.9. The quantitative estimate of drug-likeness (QED) is 0.409. The minimum atomic E-state index is -0.945. The lowest BCUT2D eigenvalue weighted by molar-refractivity contribution is -0.137. The van der Waals surface area contributed by atoms with Gasteiger partial charge in [-0.2, -0.15) is 0 Å². The Kier molecular flexibility index (Phi) is 8.13. The fourth-order valence-electron chi connectivity index (χ4n) is 4.14. The van der Waals surface area contributed by atoms with E-state index in [2.05, 4.69) is 0 Å². The molecular weight excluding hydrogens is 518 g/mol. The van der Waals surface area contributed by atoms with Crippen LogP contribution in [0, 0.1) is 6.92 Å². The van der Waals surface area contributed by atoms with Crippen molar-refractivity contribution in [3.05, 3.63) is 44.7 Å². The van der Waals surface area contributed by atoms with E-state index < -0.39 is 5.97 Å². The molecule has 2 amide bonds. The zero-order chi connectivity index (χ0) is 26.7. The third kappa shape index (κ3) is 5.77. The van der Waals surface area contributed by atoms with Gasteiger partial charge in [-0.1, -0.05) is 30.0 Å². The Labute approximate surface area is 222 Å². The van der Waals surface area contributed by atoms with Gasteiger partial charge in [-0.15, -0.1) is 0 Å². The average molecular weight is 546 g/mol. The summed E-state index contributed by atoms with van der Waals surface area (Å²) in [5.74, 6) is -0.889. The number of aryl methyl sites for hydroxylation is 1. The smallest absolute Gasteiger partial charge is 0.409 e. The molecular formula is C24H27N5O6S2. The van der Waals surface area contributed by atoms with E-state index in [0.29, 0.717) is 48.6 Å². The molecule has 196 valence electrons. The number of carbonyl (C=O) groups is 3. The third-order valence-corrected chi connectivity index (χ3v) is 7.39. The Balaban J connectivity index is 1.69. The lowest BCUT2D eigenvalue weighted by Gasteiger charge is -2.35. The predicted molar refractivity (Wildman–Crippen MR) is 144 cm³/mol. The Morgan fingerprint density at radius 3 is 2.62 bits per heavy atom. The Bertz CT molecular complexity index is 1350. The first kappa shape index (κ1) is 26.6. The van der Waals surface area contributed by atoms with Crippen molar-refractivity contribution < 1.29 is 24.2 Å². The van der Waals surface area contributed by atoms with Gasteiger partial charge in [-0.05, 0) is 38.0 Å². The number of ether oxygens (including phenoxy) is 1. The number of hydrogen-bond acceptors (Lipinski definition) is 9. The molecule has 2 saturated heterocycles. The van der Waals surface area contributed by atoms with Crippen LogP contribution in [0.2, 0.25) is 0 Å². The number of carboxylic acid groups (broad SMARTS) is 1. The van der Waals surface area contributed by atoms with Crippen LogP contribution in [-0.4, -0.2) is 85.9 Å². The number of amides is 2. The fourth-order valence-corrected chi connectivity index (χ4v) is 5.43. The van der Waals surface area contributed by atoms with Crippen molar-refractivity contribution >= 4 is 63.8 Å². The van der Waals surface area contributed by atoms with E-state index >= 15 is 0 Å². The van der Waals surface area contributed by atoms with Crippen molar-refractivity contribution in [1.29, 1.82) is 0 Å². The number of fused-ring (bicyclic) bond motifs is 1. The molecule has 0 spiro atoms. The van der Waals surface area contributed by atoms with Gasteiger partial charge in [0, 0.05) is 45.3 Å². The van der Waals surface area contributed by atoms with E-state index in [1.807, 2.05) is 17.9 Å². The maximum atomic E-state index is 13.6. The molecule has 13 heteroatoms. The fraction of sp³-hybridized carbons (Fsp3) is 0.417. The molecule has 0 saturated carbocycles. The number of thiocarbonyl (C=S) groups is 1. The number of aliphatic carboxylic acids is 1. The molecule has 0 atom stereocenters. The van der Waals surface area contributed by atoms with Crippen LogP contribution in [0.25, 0.3) is 11.7 Å². The highest BCUT2D eigenvalue weighted by molar-refractivity contribution is 8.26. The first-order chi connectivity index (χ1) is 17.7. The molecule has 37 heavy (non-hydrogen) atoms. The number of carboxylic acids is 1. The molecule has 0 bridgehead atoms. The summed E-state index contributed by atoms with van der Waals surface area (Å²) in [7, 11) is 0. The van der Waals surface area contributed by atoms with E-state index in [-0.39, 0.29) is 47.4 Å². The van der Waals surface area contributed by atoms with E-state index in [0.717, 1.165) is 17.3 Å². The van der Waals surface area contributed by atoms with Crippen molar-refractivity contribution in [3.8, 4) is 0 Å². The molecule has 0 aromatic carbocycles. The topological polar surface area (TPSA) is 125 Å². The molecule has 2 aliphatic heterocycles. The number of hydrogen-bond donors (Lipinski definition) is 1. The second kappa shape index (κ2) is 11.3. The Hall–Kier alpha value is -3.45. The Morgan fingerprint density at radius 2 is 1.95 bits per heavy atom. The molecule has 2 aromatic rings. The number of aromatic nitrogens is 2. The van der Waals surface area contributed by atoms with Crippen LogP contribution < -0.4 is 10.5 Å². The van der Waals surface area contributed by atoms with Crippen LogP contribution in [0.3, 0.4) is 0 Å². The average Bonchev–Trinajstić information content (AvgIpc) is 3.13. The number of piperazine rings is 1. The number of thioether (sulfide) groups is 1. The van der Waals surface area contributed by atoms with Gasteiger partial charge >= 0.3 is 12.1 Å². The molecule has 2 aromatic heterocycles. The van der Waals surface area contributed by atoms with Crippen molar-refractivity contribution in [3.63, 3.8) is 0 Å². The molecule has 4 heterocycles. The van der Waals surface area contributed by atoms with Gasteiger partial charge in [0.05, 0.1) is 17.1 Å². The standard InChI is InChI=1S/C24H27N5O6S2/c1-3-35-23(34)27-11-9-26(10-12-27)20-16(21(32)29-14-15(2)6-7-18(29)25-20)13-17-22(33)28(24(36)37-17)8-4-5-19(30)31/h6-7,13-14H,3-5,8-12H2,1-2H3,(H,30,31)/b17-13+. The maximum Gasteiger partial charge on any atom is 0.409 e. The van der Waals surface area contributed by atoms with E-state index in [1.165, 1.54) is 15.4 Å². The zero-order valence-corrected chi connectivity index (χ0v) is 22.1. The zero-order valence-electron chi connectivity index (χ0n) is 20.5. The highest BCUT2D eigenvalue weighted by atomic mass is 32.2.